The van der Waals surface area contributed by atoms with Crippen LogP contribution in [0.15, 0.2) is 0 Å². The molecule has 0 radical (unpaired) electrons. The van der Waals surface area contributed by atoms with Gasteiger partial charge in [0.1, 0.15) is 0 Å². The summed E-state index contributed by atoms with van der Waals surface area (Å²) < 4.78 is 0. The fraction of sp³-hybridized carbons (Fsp3) is 0.909. The molecule has 2 atom stereocenters. The monoisotopic (exact) mass is 196 g/mol. The Morgan fingerprint density at radius 3 is 2.43 bits per heavy atom. The normalized spacial score (nSPS) is 33.7. The molecule has 3 heteroatoms. The van der Waals surface area contributed by atoms with Gasteiger partial charge in [-0.3, -0.25) is 4.79 Å². The average molecular weight is 196 g/mol. The zero-order valence-corrected chi connectivity index (χ0v) is 8.67. The summed E-state index contributed by atoms with van der Waals surface area (Å²) in [5, 5.41) is 3.56. The minimum absolute atomic E-state index is 0.0816. The third kappa shape index (κ3) is 2.47. The van der Waals surface area contributed by atoms with E-state index in [-0.39, 0.29) is 11.8 Å². The minimum Gasteiger partial charge on any atom is -0.369 e. The van der Waals surface area contributed by atoms with Crippen LogP contribution in [0, 0.1) is 5.92 Å². The second kappa shape index (κ2) is 4.30. The maximum absolute atomic E-state index is 11.3. The van der Waals surface area contributed by atoms with Gasteiger partial charge in [-0.25, -0.2) is 0 Å². The Bertz CT molecular complexity index is 213. The van der Waals surface area contributed by atoms with Gasteiger partial charge in [-0.1, -0.05) is 19.3 Å². The van der Waals surface area contributed by atoms with Crippen LogP contribution in [0.1, 0.15) is 44.9 Å². The molecular weight excluding hydrogens is 176 g/mol. The second-order valence-corrected chi connectivity index (χ2v) is 4.69. The molecular formula is C11H20N2O. The van der Waals surface area contributed by atoms with E-state index in [2.05, 4.69) is 5.32 Å². The Morgan fingerprint density at radius 2 is 1.79 bits per heavy atom. The Hall–Kier alpha value is -0.570. The van der Waals surface area contributed by atoms with E-state index in [0.29, 0.717) is 12.1 Å². The number of carbonyl (C=O) groups is 1. The van der Waals surface area contributed by atoms with E-state index in [1.165, 1.54) is 25.7 Å². The molecule has 2 rings (SSSR count). The highest BCUT2D eigenvalue weighted by Gasteiger charge is 2.32. The molecule has 2 fully saturated rings. The zero-order valence-electron chi connectivity index (χ0n) is 8.67. The summed E-state index contributed by atoms with van der Waals surface area (Å²) >= 11 is 0. The molecule has 0 aromatic carbocycles. The third-order valence-electron chi connectivity index (χ3n) is 3.41. The lowest BCUT2D eigenvalue weighted by Crippen LogP contribution is -2.43. The SMILES string of the molecule is NC(=O)C1CCCCCC1NC1CC1. The molecule has 1 amide bonds. The number of primary amides is 1. The van der Waals surface area contributed by atoms with Crippen LogP contribution in [0.3, 0.4) is 0 Å². The number of amides is 1. The second-order valence-electron chi connectivity index (χ2n) is 4.69. The van der Waals surface area contributed by atoms with Crippen LogP contribution >= 0.6 is 0 Å². The summed E-state index contributed by atoms with van der Waals surface area (Å²) in [6.45, 7) is 0. The number of rotatable bonds is 3. The van der Waals surface area contributed by atoms with Crippen molar-refractivity contribution < 1.29 is 4.79 Å². The van der Waals surface area contributed by atoms with Crippen molar-refractivity contribution in [1.82, 2.24) is 5.32 Å². The summed E-state index contributed by atoms with van der Waals surface area (Å²) in [5.74, 6) is -0.0249. The highest BCUT2D eigenvalue weighted by Crippen LogP contribution is 2.27. The van der Waals surface area contributed by atoms with E-state index in [0.717, 1.165) is 19.3 Å². The van der Waals surface area contributed by atoms with Crippen molar-refractivity contribution in [2.24, 2.45) is 11.7 Å². The fourth-order valence-electron chi connectivity index (χ4n) is 2.40. The summed E-state index contributed by atoms with van der Waals surface area (Å²) in [6, 6.07) is 1.04. The van der Waals surface area contributed by atoms with Crippen molar-refractivity contribution in [3.63, 3.8) is 0 Å². The summed E-state index contributed by atoms with van der Waals surface area (Å²) in [6.07, 6.45) is 8.34. The lowest BCUT2D eigenvalue weighted by molar-refractivity contribution is -0.122. The lowest BCUT2D eigenvalue weighted by Gasteiger charge is -2.23. The molecule has 14 heavy (non-hydrogen) atoms. The van der Waals surface area contributed by atoms with E-state index < -0.39 is 0 Å². The fourth-order valence-corrected chi connectivity index (χ4v) is 2.40. The minimum atomic E-state index is -0.106. The van der Waals surface area contributed by atoms with Gasteiger partial charge < -0.3 is 11.1 Å². The molecule has 2 aliphatic carbocycles. The van der Waals surface area contributed by atoms with Gasteiger partial charge in [0, 0.05) is 12.1 Å². The van der Waals surface area contributed by atoms with E-state index in [1.54, 1.807) is 0 Å². The predicted octanol–water partition coefficient (Wildman–Crippen LogP) is 1.17. The van der Waals surface area contributed by atoms with Gasteiger partial charge >= 0.3 is 0 Å². The van der Waals surface area contributed by atoms with Gasteiger partial charge in [-0.05, 0) is 25.7 Å². The van der Waals surface area contributed by atoms with Crippen molar-refractivity contribution in [1.29, 1.82) is 0 Å². The van der Waals surface area contributed by atoms with Crippen molar-refractivity contribution in [2.75, 3.05) is 0 Å². The average Bonchev–Trinajstić information content (AvgIpc) is 2.92. The topological polar surface area (TPSA) is 55.1 Å². The van der Waals surface area contributed by atoms with Crippen LogP contribution in [0.4, 0.5) is 0 Å². The molecule has 0 spiro atoms. The van der Waals surface area contributed by atoms with Gasteiger partial charge in [0.25, 0.3) is 0 Å². The first-order valence-electron chi connectivity index (χ1n) is 5.83. The van der Waals surface area contributed by atoms with Gasteiger partial charge in [0.2, 0.25) is 5.91 Å². The van der Waals surface area contributed by atoms with Crippen LogP contribution in [-0.2, 0) is 4.79 Å². The highest BCUT2D eigenvalue weighted by molar-refractivity contribution is 5.77. The highest BCUT2D eigenvalue weighted by atomic mass is 16.1. The summed E-state index contributed by atoms with van der Waals surface area (Å²) in [7, 11) is 0. The van der Waals surface area contributed by atoms with Gasteiger partial charge in [0.05, 0.1) is 5.92 Å². The summed E-state index contributed by atoms with van der Waals surface area (Å²) in [5.41, 5.74) is 5.44. The van der Waals surface area contributed by atoms with Crippen LogP contribution < -0.4 is 11.1 Å². The van der Waals surface area contributed by atoms with Crippen LogP contribution in [-0.4, -0.2) is 18.0 Å². The largest absolute Gasteiger partial charge is 0.369 e. The van der Waals surface area contributed by atoms with Crippen LogP contribution in [0.2, 0.25) is 0 Å². The van der Waals surface area contributed by atoms with Crippen LogP contribution in [0.25, 0.3) is 0 Å². The molecule has 80 valence electrons. The van der Waals surface area contributed by atoms with Gasteiger partial charge in [-0.2, -0.15) is 0 Å². The maximum atomic E-state index is 11.3. The van der Waals surface area contributed by atoms with Crippen molar-refractivity contribution in [2.45, 2.75) is 57.0 Å². The Labute approximate surface area is 85.4 Å². The number of carbonyl (C=O) groups excluding carboxylic acids is 1. The molecule has 0 aromatic rings. The molecule has 0 aliphatic heterocycles. The molecule has 2 saturated carbocycles. The number of nitrogens with one attached hydrogen (secondary N) is 1. The molecule has 0 aromatic heterocycles. The molecule has 3 nitrogen and oxygen atoms in total. The number of hydrogen-bond acceptors (Lipinski definition) is 2. The van der Waals surface area contributed by atoms with E-state index in [4.69, 9.17) is 5.73 Å². The van der Waals surface area contributed by atoms with Gasteiger partial charge in [0.15, 0.2) is 0 Å². The first-order valence-corrected chi connectivity index (χ1v) is 5.83. The van der Waals surface area contributed by atoms with E-state index >= 15 is 0 Å². The van der Waals surface area contributed by atoms with Crippen molar-refractivity contribution in [3.05, 3.63) is 0 Å². The summed E-state index contributed by atoms with van der Waals surface area (Å²) in [4.78, 5) is 11.3. The molecule has 0 heterocycles. The number of nitrogens with two attached hydrogens (primary N) is 1. The van der Waals surface area contributed by atoms with Gasteiger partial charge in [-0.15, -0.1) is 0 Å². The molecule has 0 bridgehead atoms. The maximum Gasteiger partial charge on any atom is 0.222 e. The van der Waals surface area contributed by atoms with Crippen molar-refractivity contribution >= 4 is 5.91 Å². The Kier molecular flexibility index (Phi) is 3.06. The zero-order chi connectivity index (χ0) is 9.97. The van der Waals surface area contributed by atoms with Crippen LogP contribution in [0.5, 0.6) is 0 Å². The lowest BCUT2D eigenvalue weighted by atomic mass is 9.94. The quantitative estimate of drug-likeness (QED) is 0.666. The molecule has 0 saturated heterocycles. The number of hydrogen-bond donors (Lipinski definition) is 2. The smallest absolute Gasteiger partial charge is 0.222 e. The van der Waals surface area contributed by atoms with Crippen molar-refractivity contribution in [3.8, 4) is 0 Å². The molecule has 2 aliphatic rings. The van der Waals surface area contributed by atoms with E-state index in [1.807, 2.05) is 0 Å². The van der Waals surface area contributed by atoms with E-state index in [9.17, 15) is 4.79 Å². The molecule has 3 N–H and O–H groups in total. The Balaban J connectivity index is 1.94. The Morgan fingerprint density at radius 1 is 1.07 bits per heavy atom. The third-order valence-corrected chi connectivity index (χ3v) is 3.41. The first kappa shape index (κ1) is 9.97. The predicted molar refractivity (Wildman–Crippen MR) is 55.7 cm³/mol. The molecule has 2 unspecified atom stereocenters. The standard InChI is InChI=1S/C11H20N2O/c12-11(14)9-4-2-1-3-5-10(9)13-8-6-7-8/h8-10,13H,1-7H2,(H2,12,14). The first-order chi connectivity index (χ1) is 6.77.